The van der Waals surface area contributed by atoms with Crippen LogP contribution in [0.15, 0.2) is 24.4 Å². The van der Waals surface area contributed by atoms with Gasteiger partial charge in [-0.15, -0.1) is 5.10 Å². The summed E-state index contributed by atoms with van der Waals surface area (Å²) in [6.45, 7) is 10.3. The van der Waals surface area contributed by atoms with Crippen molar-refractivity contribution in [2.45, 2.75) is 39.8 Å². The number of rotatable bonds is 7. The fourth-order valence-electron chi connectivity index (χ4n) is 2.81. The van der Waals surface area contributed by atoms with Gasteiger partial charge in [-0.25, -0.2) is 4.52 Å². The third-order valence-corrected chi connectivity index (χ3v) is 4.94. The molecule has 23 heavy (non-hydrogen) atoms. The molecule has 0 aliphatic rings. The molecule has 126 valence electrons. The van der Waals surface area contributed by atoms with Crippen LogP contribution in [0.2, 0.25) is 0 Å². The van der Waals surface area contributed by atoms with Gasteiger partial charge >= 0.3 is 5.69 Å². The Bertz CT molecular complexity index is 685. The van der Waals surface area contributed by atoms with Gasteiger partial charge in [0.05, 0.1) is 37.1 Å². The first-order chi connectivity index (χ1) is 10.8. The summed E-state index contributed by atoms with van der Waals surface area (Å²) < 4.78 is 2.44. The summed E-state index contributed by atoms with van der Waals surface area (Å²) in [6, 6.07) is 6.25. The summed E-state index contributed by atoms with van der Waals surface area (Å²) in [5.41, 5.74) is 0.541. The Morgan fingerprint density at radius 1 is 1.30 bits per heavy atom. The van der Waals surface area contributed by atoms with Crippen molar-refractivity contribution in [3.63, 3.8) is 0 Å². The third kappa shape index (κ3) is 3.29. The minimum absolute atomic E-state index is 0.0360. The van der Waals surface area contributed by atoms with E-state index in [1.54, 1.807) is 28.9 Å². The molecule has 2 heterocycles. The van der Waals surface area contributed by atoms with Crippen molar-refractivity contribution < 1.29 is 9.41 Å². The highest BCUT2D eigenvalue weighted by Crippen LogP contribution is 2.28. The van der Waals surface area contributed by atoms with Gasteiger partial charge in [0, 0.05) is 6.20 Å². The summed E-state index contributed by atoms with van der Waals surface area (Å²) in [5, 5.41) is 18.8. The molecule has 0 amide bonds. The molecule has 0 unspecified atom stereocenters. The zero-order valence-electron chi connectivity index (χ0n) is 14.5. The Morgan fingerprint density at radius 3 is 2.52 bits per heavy atom. The van der Waals surface area contributed by atoms with Crippen LogP contribution in [-0.4, -0.2) is 51.2 Å². The molecule has 2 aromatic rings. The molecule has 2 rings (SSSR count). The molecule has 0 spiro atoms. The van der Waals surface area contributed by atoms with Gasteiger partial charge in [0.15, 0.2) is 0 Å². The van der Waals surface area contributed by atoms with Crippen LogP contribution in [0.3, 0.4) is 0 Å². The second-order valence-electron chi connectivity index (χ2n) is 6.67. The lowest BCUT2D eigenvalue weighted by Crippen LogP contribution is -2.56. The number of nitro groups is 1. The Hall–Kier alpha value is -2.15. The fraction of sp³-hybridized carbons (Fsp3) is 0.562. The van der Waals surface area contributed by atoms with Crippen molar-refractivity contribution in [3.8, 4) is 0 Å². The van der Waals surface area contributed by atoms with E-state index in [9.17, 15) is 10.1 Å². The van der Waals surface area contributed by atoms with Crippen LogP contribution in [0, 0.1) is 10.1 Å². The van der Waals surface area contributed by atoms with E-state index in [1.165, 1.54) is 0 Å². The average Bonchev–Trinajstić information content (AvgIpc) is 2.84. The van der Waals surface area contributed by atoms with Crippen molar-refractivity contribution >= 4 is 17.0 Å². The molecule has 7 heteroatoms. The first-order valence-corrected chi connectivity index (χ1v) is 7.98. The number of pyridine rings is 1. The molecule has 0 aromatic carbocycles. The highest BCUT2D eigenvalue weighted by atomic mass is 16.6. The highest BCUT2D eigenvalue weighted by molar-refractivity contribution is 5.76. The lowest BCUT2D eigenvalue weighted by atomic mass is 10.1. The first kappa shape index (κ1) is 17.2. The minimum Gasteiger partial charge on any atom is -0.357 e. The SMILES string of the molecule is CC(C)[N+](C)(CCNc1nn2ccccc2c1[N+](=O)[O-])C(C)C. The first-order valence-electron chi connectivity index (χ1n) is 7.98. The predicted molar refractivity (Wildman–Crippen MR) is 91.7 cm³/mol. The molecule has 0 saturated carbocycles. The summed E-state index contributed by atoms with van der Waals surface area (Å²) in [4.78, 5) is 11.0. The van der Waals surface area contributed by atoms with E-state index in [4.69, 9.17) is 0 Å². The monoisotopic (exact) mass is 320 g/mol. The molecular weight excluding hydrogens is 294 g/mol. The maximum atomic E-state index is 11.4. The quantitative estimate of drug-likeness (QED) is 0.484. The topological polar surface area (TPSA) is 72.5 Å². The van der Waals surface area contributed by atoms with Gasteiger partial charge in [-0.3, -0.25) is 10.1 Å². The van der Waals surface area contributed by atoms with Gasteiger partial charge in [0.1, 0.15) is 5.52 Å². The van der Waals surface area contributed by atoms with Crippen LogP contribution in [0.25, 0.3) is 5.52 Å². The van der Waals surface area contributed by atoms with Crippen LogP contribution in [-0.2, 0) is 0 Å². The summed E-state index contributed by atoms with van der Waals surface area (Å²) in [5.74, 6) is 0.334. The van der Waals surface area contributed by atoms with Gasteiger partial charge in [0.25, 0.3) is 0 Å². The molecule has 2 aromatic heterocycles. The zero-order chi connectivity index (χ0) is 17.2. The van der Waals surface area contributed by atoms with Gasteiger partial charge in [-0.1, -0.05) is 6.07 Å². The molecule has 0 fully saturated rings. The van der Waals surface area contributed by atoms with Crippen molar-refractivity contribution in [3.05, 3.63) is 34.5 Å². The number of likely N-dealkylation sites (N-methyl/N-ethyl adjacent to an activating group) is 1. The third-order valence-electron chi connectivity index (χ3n) is 4.94. The number of nitrogens with zero attached hydrogens (tertiary/aromatic N) is 4. The number of fused-ring (bicyclic) bond motifs is 1. The van der Waals surface area contributed by atoms with Crippen LogP contribution >= 0.6 is 0 Å². The van der Waals surface area contributed by atoms with E-state index < -0.39 is 0 Å². The second-order valence-corrected chi connectivity index (χ2v) is 6.67. The number of nitrogens with one attached hydrogen (secondary N) is 1. The number of quaternary nitrogens is 1. The molecule has 0 radical (unpaired) electrons. The largest absolute Gasteiger partial charge is 0.357 e. The van der Waals surface area contributed by atoms with E-state index >= 15 is 0 Å². The lowest BCUT2D eigenvalue weighted by molar-refractivity contribution is -0.947. The van der Waals surface area contributed by atoms with Crippen molar-refractivity contribution in [1.82, 2.24) is 9.61 Å². The molecule has 0 aliphatic carbocycles. The van der Waals surface area contributed by atoms with Gasteiger partial charge in [0.2, 0.25) is 5.82 Å². The minimum atomic E-state index is -0.371. The van der Waals surface area contributed by atoms with Crippen LogP contribution in [0.4, 0.5) is 11.5 Å². The normalized spacial score (nSPS) is 12.3. The van der Waals surface area contributed by atoms with Crippen LogP contribution in [0.5, 0.6) is 0 Å². The van der Waals surface area contributed by atoms with Crippen molar-refractivity contribution in [1.29, 1.82) is 0 Å². The Kier molecular flexibility index (Phi) is 4.89. The molecule has 1 N–H and O–H groups in total. The molecule has 0 bridgehead atoms. The second kappa shape index (κ2) is 6.54. The maximum Gasteiger partial charge on any atom is 0.338 e. The number of hydrogen-bond donors (Lipinski definition) is 1. The summed E-state index contributed by atoms with van der Waals surface area (Å²) in [6.07, 6.45) is 1.72. The van der Waals surface area contributed by atoms with Gasteiger partial charge in [-0.2, -0.15) is 0 Å². The van der Waals surface area contributed by atoms with E-state index in [1.807, 2.05) is 0 Å². The van der Waals surface area contributed by atoms with E-state index in [0.29, 0.717) is 30.0 Å². The smallest absolute Gasteiger partial charge is 0.338 e. The average molecular weight is 320 g/mol. The summed E-state index contributed by atoms with van der Waals surface area (Å²) in [7, 11) is 2.22. The van der Waals surface area contributed by atoms with Gasteiger partial charge < -0.3 is 9.80 Å². The van der Waals surface area contributed by atoms with Gasteiger partial charge in [-0.05, 0) is 39.8 Å². The molecule has 0 aliphatic heterocycles. The predicted octanol–water partition coefficient (Wildman–Crippen LogP) is 2.92. The summed E-state index contributed by atoms with van der Waals surface area (Å²) >= 11 is 0. The molecular formula is C16H26N5O2+. The lowest BCUT2D eigenvalue weighted by Gasteiger charge is -2.42. The van der Waals surface area contributed by atoms with E-state index in [0.717, 1.165) is 11.0 Å². The standard InChI is InChI=1S/C16H26N5O2/c1-12(2)21(5,13(3)4)11-9-17-16-15(20(22)23)14-8-6-7-10-19(14)18-16/h6-8,10,12-13H,9,11H2,1-5H3,(H,17,18)/q+1. The number of aromatic nitrogens is 2. The van der Waals surface area contributed by atoms with E-state index in [2.05, 4.69) is 45.2 Å². The van der Waals surface area contributed by atoms with Crippen LogP contribution < -0.4 is 5.32 Å². The van der Waals surface area contributed by atoms with Crippen LogP contribution in [0.1, 0.15) is 27.7 Å². The highest BCUT2D eigenvalue weighted by Gasteiger charge is 2.30. The Labute approximate surface area is 136 Å². The van der Waals surface area contributed by atoms with E-state index in [-0.39, 0.29) is 10.6 Å². The molecule has 0 saturated heterocycles. The zero-order valence-corrected chi connectivity index (χ0v) is 14.5. The number of hydrogen-bond acceptors (Lipinski definition) is 4. The number of anilines is 1. The van der Waals surface area contributed by atoms with Crippen molar-refractivity contribution in [2.75, 3.05) is 25.5 Å². The Balaban J connectivity index is 2.19. The Morgan fingerprint density at radius 2 is 1.96 bits per heavy atom. The van der Waals surface area contributed by atoms with Crippen molar-refractivity contribution in [2.24, 2.45) is 0 Å². The molecule has 0 atom stereocenters. The fourth-order valence-corrected chi connectivity index (χ4v) is 2.81. The maximum absolute atomic E-state index is 11.4. The molecule has 7 nitrogen and oxygen atoms in total.